The smallest absolute Gasteiger partial charge is 0.0477 e. The summed E-state index contributed by atoms with van der Waals surface area (Å²) in [6, 6.07) is 8.97. The SMILES string of the molecule is Cn1ccc2cc(C3(CN)CC3(C)C)ccc21. The average molecular weight is 228 g/mol. The molecule has 2 heteroatoms. The Balaban J connectivity index is 2.13. The van der Waals surface area contributed by atoms with Crippen molar-refractivity contribution in [3.05, 3.63) is 36.0 Å². The van der Waals surface area contributed by atoms with E-state index in [1.165, 1.54) is 22.9 Å². The second kappa shape index (κ2) is 3.14. The number of nitrogens with two attached hydrogens (primary N) is 1. The number of nitrogens with zero attached hydrogens (tertiary/aromatic N) is 1. The fraction of sp³-hybridized carbons (Fsp3) is 0.467. The molecule has 0 radical (unpaired) electrons. The first-order valence-electron chi connectivity index (χ1n) is 6.26. The molecule has 17 heavy (non-hydrogen) atoms. The lowest BCUT2D eigenvalue weighted by Crippen LogP contribution is -2.25. The van der Waals surface area contributed by atoms with E-state index in [2.05, 4.69) is 55.9 Å². The van der Waals surface area contributed by atoms with Gasteiger partial charge in [0.1, 0.15) is 0 Å². The fourth-order valence-corrected chi connectivity index (χ4v) is 3.25. The molecule has 1 aliphatic carbocycles. The number of hydrogen-bond acceptors (Lipinski definition) is 1. The minimum atomic E-state index is 0.205. The molecule has 3 rings (SSSR count). The fourth-order valence-electron chi connectivity index (χ4n) is 3.25. The zero-order valence-corrected chi connectivity index (χ0v) is 10.8. The van der Waals surface area contributed by atoms with Crippen LogP contribution >= 0.6 is 0 Å². The molecule has 2 N–H and O–H groups in total. The van der Waals surface area contributed by atoms with E-state index >= 15 is 0 Å². The van der Waals surface area contributed by atoms with E-state index in [0.29, 0.717) is 5.41 Å². The Morgan fingerprint density at radius 3 is 2.59 bits per heavy atom. The van der Waals surface area contributed by atoms with Crippen LogP contribution in [0, 0.1) is 5.41 Å². The van der Waals surface area contributed by atoms with Gasteiger partial charge in [-0.15, -0.1) is 0 Å². The van der Waals surface area contributed by atoms with E-state index in [1.54, 1.807) is 0 Å². The van der Waals surface area contributed by atoms with Crippen LogP contribution in [-0.2, 0) is 12.5 Å². The van der Waals surface area contributed by atoms with Gasteiger partial charge in [0, 0.05) is 30.7 Å². The molecule has 1 aliphatic rings. The zero-order chi connectivity index (χ0) is 12.3. The number of aromatic nitrogens is 1. The maximum atomic E-state index is 6.02. The van der Waals surface area contributed by atoms with Crippen LogP contribution in [0.1, 0.15) is 25.8 Å². The van der Waals surface area contributed by atoms with E-state index in [0.717, 1.165) is 6.54 Å². The summed E-state index contributed by atoms with van der Waals surface area (Å²) in [4.78, 5) is 0. The van der Waals surface area contributed by atoms with E-state index in [9.17, 15) is 0 Å². The lowest BCUT2D eigenvalue weighted by atomic mass is 9.87. The highest BCUT2D eigenvalue weighted by Crippen LogP contribution is 2.63. The van der Waals surface area contributed by atoms with E-state index < -0.39 is 0 Å². The second-order valence-corrected chi connectivity index (χ2v) is 6.05. The molecule has 0 aliphatic heterocycles. The van der Waals surface area contributed by atoms with E-state index in [4.69, 9.17) is 5.73 Å². The topological polar surface area (TPSA) is 30.9 Å². The van der Waals surface area contributed by atoms with E-state index in [-0.39, 0.29) is 5.41 Å². The zero-order valence-electron chi connectivity index (χ0n) is 10.8. The molecule has 1 aromatic carbocycles. The summed E-state index contributed by atoms with van der Waals surface area (Å²) in [7, 11) is 2.09. The van der Waals surface area contributed by atoms with Gasteiger partial charge in [-0.05, 0) is 41.0 Å². The standard InChI is InChI=1S/C15H20N2/c1-14(2)9-15(14,10-16)12-4-5-13-11(8-12)6-7-17(13)3/h4-8H,9-10,16H2,1-3H3. The summed E-state index contributed by atoms with van der Waals surface area (Å²) in [6.07, 6.45) is 3.32. The van der Waals surface area contributed by atoms with Crippen LogP contribution in [0.3, 0.4) is 0 Å². The first kappa shape index (κ1) is 10.8. The Hall–Kier alpha value is -1.28. The number of aryl methyl sites for hydroxylation is 1. The average Bonchev–Trinajstić information content (AvgIpc) is 2.69. The van der Waals surface area contributed by atoms with Crippen LogP contribution in [0.5, 0.6) is 0 Å². The van der Waals surface area contributed by atoms with Crippen LogP contribution in [0.4, 0.5) is 0 Å². The Labute approximate surface area is 102 Å². The van der Waals surface area contributed by atoms with Crippen molar-refractivity contribution in [1.82, 2.24) is 4.57 Å². The molecule has 90 valence electrons. The van der Waals surface area contributed by atoms with Gasteiger partial charge in [0.2, 0.25) is 0 Å². The predicted octanol–water partition coefficient (Wildman–Crippen LogP) is 2.80. The quantitative estimate of drug-likeness (QED) is 0.842. The predicted molar refractivity (Wildman–Crippen MR) is 72.0 cm³/mol. The van der Waals surface area contributed by atoms with Crippen LogP contribution < -0.4 is 5.73 Å². The summed E-state index contributed by atoms with van der Waals surface area (Å²) in [5.74, 6) is 0. The van der Waals surface area contributed by atoms with Gasteiger partial charge in [-0.2, -0.15) is 0 Å². The first-order chi connectivity index (χ1) is 8.00. The van der Waals surface area contributed by atoms with Gasteiger partial charge < -0.3 is 10.3 Å². The number of fused-ring (bicyclic) bond motifs is 1. The van der Waals surface area contributed by atoms with Crippen molar-refractivity contribution in [2.75, 3.05) is 6.54 Å². The van der Waals surface area contributed by atoms with Crippen LogP contribution in [0.25, 0.3) is 10.9 Å². The minimum Gasteiger partial charge on any atom is -0.351 e. The third-order valence-electron chi connectivity index (χ3n) is 4.70. The third-order valence-corrected chi connectivity index (χ3v) is 4.70. The Bertz CT molecular complexity index is 580. The second-order valence-electron chi connectivity index (χ2n) is 6.05. The van der Waals surface area contributed by atoms with Crippen molar-refractivity contribution in [3.8, 4) is 0 Å². The van der Waals surface area contributed by atoms with Crippen molar-refractivity contribution in [2.24, 2.45) is 18.2 Å². The molecule has 0 amide bonds. The molecule has 1 fully saturated rings. The van der Waals surface area contributed by atoms with Gasteiger partial charge in [0.15, 0.2) is 0 Å². The Morgan fingerprint density at radius 1 is 1.29 bits per heavy atom. The Morgan fingerprint density at radius 2 is 2.00 bits per heavy atom. The highest BCUT2D eigenvalue weighted by Gasteiger charge is 2.60. The summed E-state index contributed by atoms with van der Waals surface area (Å²) < 4.78 is 2.16. The highest BCUT2D eigenvalue weighted by molar-refractivity contribution is 5.81. The molecule has 2 aromatic rings. The largest absolute Gasteiger partial charge is 0.351 e. The van der Waals surface area contributed by atoms with Gasteiger partial charge >= 0.3 is 0 Å². The molecule has 1 heterocycles. The van der Waals surface area contributed by atoms with Crippen molar-refractivity contribution in [3.63, 3.8) is 0 Å². The van der Waals surface area contributed by atoms with Crippen molar-refractivity contribution in [2.45, 2.75) is 25.7 Å². The molecule has 0 saturated heterocycles. The van der Waals surface area contributed by atoms with Gasteiger partial charge in [0.05, 0.1) is 0 Å². The molecular formula is C15H20N2. The summed E-state index contributed by atoms with van der Waals surface area (Å²) in [6.45, 7) is 5.38. The van der Waals surface area contributed by atoms with Gasteiger partial charge in [-0.1, -0.05) is 19.9 Å². The van der Waals surface area contributed by atoms with Crippen LogP contribution in [-0.4, -0.2) is 11.1 Å². The maximum Gasteiger partial charge on any atom is 0.0477 e. The maximum absolute atomic E-state index is 6.02. The molecule has 2 nitrogen and oxygen atoms in total. The lowest BCUT2D eigenvalue weighted by Gasteiger charge is -2.19. The first-order valence-corrected chi connectivity index (χ1v) is 6.26. The Kier molecular flexibility index (Phi) is 2.00. The summed E-state index contributed by atoms with van der Waals surface area (Å²) in [5, 5.41) is 1.32. The van der Waals surface area contributed by atoms with Crippen molar-refractivity contribution < 1.29 is 0 Å². The molecular weight excluding hydrogens is 208 g/mol. The third kappa shape index (κ3) is 1.31. The van der Waals surface area contributed by atoms with Crippen LogP contribution in [0.15, 0.2) is 30.5 Å². The lowest BCUT2D eigenvalue weighted by molar-refractivity contribution is 0.503. The van der Waals surface area contributed by atoms with Crippen molar-refractivity contribution >= 4 is 10.9 Å². The number of benzene rings is 1. The molecule has 1 unspecified atom stereocenters. The molecule has 1 aromatic heterocycles. The monoisotopic (exact) mass is 228 g/mol. The molecule has 0 spiro atoms. The minimum absolute atomic E-state index is 0.205. The van der Waals surface area contributed by atoms with Gasteiger partial charge in [-0.3, -0.25) is 0 Å². The van der Waals surface area contributed by atoms with Gasteiger partial charge in [-0.25, -0.2) is 0 Å². The summed E-state index contributed by atoms with van der Waals surface area (Å²) >= 11 is 0. The van der Waals surface area contributed by atoms with Crippen molar-refractivity contribution in [1.29, 1.82) is 0 Å². The number of rotatable bonds is 2. The van der Waals surface area contributed by atoms with Crippen LogP contribution in [0.2, 0.25) is 0 Å². The van der Waals surface area contributed by atoms with E-state index in [1.807, 2.05) is 0 Å². The highest BCUT2D eigenvalue weighted by atomic mass is 14.9. The molecule has 1 saturated carbocycles. The van der Waals surface area contributed by atoms with Gasteiger partial charge in [0.25, 0.3) is 0 Å². The number of hydrogen-bond donors (Lipinski definition) is 1. The normalized spacial score (nSPS) is 26.4. The molecule has 0 bridgehead atoms. The summed E-state index contributed by atoms with van der Waals surface area (Å²) in [5.41, 5.74) is 9.27. The molecule has 1 atom stereocenters.